The van der Waals surface area contributed by atoms with Gasteiger partial charge in [0.05, 0.1) is 11.6 Å². The largest absolute Gasteiger partial charge is 0.505 e. The fourth-order valence-corrected chi connectivity index (χ4v) is 3.23. The number of rotatable bonds is 4. The van der Waals surface area contributed by atoms with Gasteiger partial charge < -0.3 is 10.4 Å². The van der Waals surface area contributed by atoms with Gasteiger partial charge >= 0.3 is 6.18 Å². The summed E-state index contributed by atoms with van der Waals surface area (Å²) >= 11 is 0. The fraction of sp³-hybridized carbons (Fsp3) is 0.0909. The number of nitrogens with zero attached hydrogens (tertiary/aromatic N) is 2. The molecule has 0 bridgehead atoms. The van der Waals surface area contributed by atoms with Crippen molar-refractivity contribution in [2.75, 3.05) is 5.32 Å². The standard InChI is InChI=1S/C22H16F3N3O/c23-22(24,25)16-4-1-5-17(13-16)28-19(15-8-11-26-12-9-15)18-7-6-14-3-2-10-27-20(14)21(18)29/h1-13,19,28-29H/t19-/m1/s1. The van der Waals surface area contributed by atoms with Gasteiger partial charge in [0.1, 0.15) is 11.3 Å². The lowest BCUT2D eigenvalue weighted by Gasteiger charge is -2.23. The summed E-state index contributed by atoms with van der Waals surface area (Å²) in [5.41, 5.74) is 1.19. The number of hydrogen-bond donors (Lipinski definition) is 2. The van der Waals surface area contributed by atoms with Crippen molar-refractivity contribution >= 4 is 16.6 Å². The third-order valence-electron chi connectivity index (χ3n) is 4.63. The number of alkyl halides is 3. The summed E-state index contributed by atoms with van der Waals surface area (Å²) < 4.78 is 39.3. The number of hydrogen-bond acceptors (Lipinski definition) is 4. The van der Waals surface area contributed by atoms with Crippen LogP contribution in [0.4, 0.5) is 18.9 Å². The maximum atomic E-state index is 13.1. The smallest absolute Gasteiger partial charge is 0.416 e. The predicted octanol–water partition coefficient (Wildman–Crippen LogP) is 5.56. The van der Waals surface area contributed by atoms with Crippen molar-refractivity contribution in [3.8, 4) is 5.75 Å². The van der Waals surface area contributed by atoms with Gasteiger partial charge in [0.15, 0.2) is 0 Å². The lowest BCUT2D eigenvalue weighted by atomic mass is 9.96. The average Bonchev–Trinajstić information content (AvgIpc) is 2.73. The van der Waals surface area contributed by atoms with E-state index in [0.717, 1.165) is 23.1 Å². The van der Waals surface area contributed by atoms with Crippen molar-refractivity contribution in [1.82, 2.24) is 9.97 Å². The first-order chi connectivity index (χ1) is 13.9. The average molecular weight is 395 g/mol. The molecule has 0 spiro atoms. The van der Waals surface area contributed by atoms with Crippen molar-refractivity contribution < 1.29 is 18.3 Å². The van der Waals surface area contributed by atoms with E-state index in [1.807, 2.05) is 12.1 Å². The summed E-state index contributed by atoms with van der Waals surface area (Å²) in [6, 6.07) is 15.0. The Morgan fingerprint density at radius 1 is 0.897 bits per heavy atom. The molecular weight excluding hydrogens is 379 g/mol. The summed E-state index contributed by atoms with van der Waals surface area (Å²) in [5, 5.41) is 14.7. The monoisotopic (exact) mass is 395 g/mol. The van der Waals surface area contributed by atoms with Gasteiger partial charge in [0, 0.05) is 35.2 Å². The molecule has 0 unspecified atom stereocenters. The number of phenolic OH excluding ortho intramolecular Hbond substituents is 1. The highest BCUT2D eigenvalue weighted by atomic mass is 19.4. The van der Waals surface area contributed by atoms with E-state index >= 15 is 0 Å². The van der Waals surface area contributed by atoms with Crippen LogP contribution in [0.2, 0.25) is 0 Å². The predicted molar refractivity (Wildman–Crippen MR) is 105 cm³/mol. The molecule has 2 aromatic carbocycles. The van der Waals surface area contributed by atoms with Crippen LogP contribution in [0.1, 0.15) is 22.7 Å². The first-order valence-electron chi connectivity index (χ1n) is 8.84. The molecule has 7 heteroatoms. The van der Waals surface area contributed by atoms with Gasteiger partial charge in [0.25, 0.3) is 0 Å². The number of benzene rings is 2. The van der Waals surface area contributed by atoms with Gasteiger partial charge in [-0.15, -0.1) is 0 Å². The number of pyridine rings is 2. The molecule has 0 amide bonds. The molecule has 4 nitrogen and oxygen atoms in total. The Balaban J connectivity index is 1.81. The molecule has 0 radical (unpaired) electrons. The Kier molecular flexibility index (Phi) is 4.80. The normalized spacial score (nSPS) is 12.7. The third kappa shape index (κ3) is 3.85. The lowest BCUT2D eigenvalue weighted by Crippen LogP contribution is -2.14. The van der Waals surface area contributed by atoms with Crippen LogP contribution < -0.4 is 5.32 Å². The fourth-order valence-electron chi connectivity index (χ4n) is 3.23. The van der Waals surface area contributed by atoms with Crippen molar-refractivity contribution in [1.29, 1.82) is 0 Å². The molecule has 2 aromatic heterocycles. The van der Waals surface area contributed by atoms with Crippen LogP contribution in [0, 0.1) is 0 Å². The number of aromatic hydroxyl groups is 1. The van der Waals surface area contributed by atoms with Crippen LogP contribution >= 0.6 is 0 Å². The number of anilines is 1. The van der Waals surface area contributed by atoms with Gasteiger partial charge in [-0.3, -0.25) is 9.97 Å². The molecule has 0 saturated carbocycles. The van der Waals surface area contributed by atoms with Crippen LogP contribution in [0.15, 0.2) is 79.3 Å². The van der Waals surface area contributed by atoms with E-state index in [9.17, 15) is 18.3 Å². The van der Waals surface area contributed by atoms with Crippen LogP contribution in [-0.4, -0.2) is 15.1 Å². The van der Waals surface area contributed by atoms with Crippen molar-refractivity contribution in [3.63, 3.8) is 0 Å². The Labute approximate surface area is 164 Å². The molecule has 1 atom stereocenters. The first-order valence-corrected chi connectivity index (χ1v) is 8.84. The van der Waals surface area contributed by atoms with Gasteiger partial charge in [-0.2, -0.15) is 13.2 Å². The topological polar surface area (TPSA) is 58.0 Å². The minimum absolute atomic E-state index is 0.0237. The van der Waals surface area contributed by atoms with E-state index in [1.165, 1.54) is 6.07 Å². The number of nitrogens with one attached hydrogen (secondary N) is 1. The maximum absolute atomic E-state index is 13.1. The molecule has 2 N–H and O–H groups in total. The molecule has 29 heavy (non-hydrogen) atoms. The van der Waals surface area contributed by atoms with Crippen molar-refractivity contribution in [2.45, 2.75) is 12.2 Å². The Bertz CT molecular complexity index is 1150. The second kappa shape index (κ2) is 7.43. The minimum atomic E-state index is -4.45. The van der Waals surface area contributed by atoms with E-state index < -0.39 is 17.8 Å². The maximum Gasteiger partial charge on any atom is 0.416 e. The van der Waals surface area contributed by atoms with Gasteiger partial charge in [-0.25, -0.2) is 0 Å². The summed E-state index contributed by atoms with van der Waals surface area (Å²) in [6.45, 7) is 0. The van der Waals surface area contributed by atoms with Crippen molar-refractivity contribution in [3.05, 3.63) is 95.9 Å². The molecule has 0 aliphatic heterocycles. The Hall–Kier alpha value is -3.61. The lowest BCUT2D eigenvalue weighted by molar-refractivity contribution is -0.137. The molecule has 2 heterocycles. The van der Waals surface area contributed by atoms with Crippen LogP contribution in [0.5, 0.6) is 5.75 Å². The first kappa shape index (κ1) is 18.7. The quantitative estimate of drug-likeness (QED) is 0.475. The van der Waals surface area contributed by atoms with Gasteiger partial charge in [-0.1, -0.05) is 24.3 Å². The number of halogens is 3. The molecule has 0 saturated heterocycles. The molecule has 0 aliphatic rings. The van der Waals surface area contributed by atoms with Crippen LogP contribution in [0.3, 0.4) is 0 Å². The SMILES string of the molecule is Oc1c([C@H](Nc2cccc(C(F)(F)F)c2)c2ccncc2)ccc2cccnc12. The molecular formula is C22H16F3N3O. The highest BCUT2D eigenvalue weighted by Crippen LogP contribution is 2.37. The van der Waals surface area contributed by atoms with Crippen LogP contribution in [-0.2, 0) is 6.18 Å². The van der Waals surface area contributed by atoms with Crippen molar-refractivity contribution in [2.24, 2.45) is 0 Å². The van der Waals surface area contributed by atoms with E-state index in [-0.39, 0.29) is 11.4 Å². The second-order valence-electron chi connectivity index (χ2n) is 6.51. The third-order valence-corrected chi connectivity index (χ3v) is 4.63. The Morgan fingerprint density at radius 3 is 2.45 bits per heavy atom. The number of fused-ring (bicyclic) bond motifs is 1. The summed E-state index contributed by atoms with van der Waals surface area (Å²) in [6.07, 6.45) is 0.311. The summed E-state index contributed by atoms with van der Waals surface area (Å²) in [4.78, 5) is 8.23. The van der Waals surface area contributed by atoms with Crippen LogP contribution in [0.25, 0.3) is 10.9 Å². The summed E-state index contributed by atoms with van der Waals surface area (Å²) in [5.74, 6) is -0.0237. The van der Waals surface area contributed by atoms with E-state index in [2.05, 4.69) is 15.3 Å². The van der Waals surface area contributed by atoms with E-state index in [4.69, 9.17) is 0 Å². The molecule has 4 aromatic rings. The zero-order chi connectivity index (χ0) is 20.4. The zero-order valence-electron chi connectivity index (χ0n) is 15.1. The second-order valence-corrected chi connectivity index (χ2v) is 6.51. The number of phenols is 1. The van der Waals surface area contributed by atoms with E-state index in [1.54, 1.807) is 48.9 Å². The zero-order valence-corrected chi connectivity index (χ0v) is 15.1. The van der Waals surface area contributed by atoms with Gasteiger partial charge in [-0.05, 0) is 42.0 Å². The molecule has 146 valence electrons. The van der Waals surface area contributed by atoms with Gasteiger partial charge in [0.2, 0.25) is 0 Å². The molecule has 0 fully saturated rings. The highest BCUT2D eigenvalue weighted by Gasteiger charge is 2.30. The minimum Gasteiger partial charge on any atom is -0.505 e. The molecule has 0 aliphatic carbocycles. The Morgan fingerprint density at radius 2 is 1.69 bits per heavy atom. The van der Waals surface area contributed by atoms with E-state index in [0.29, 0.717) is 11.1 Å². The molecule has 4 rings (SSSR count). The summed E-state index contributed by atoms with van der Waals surface area (Å²) in [7, 11) is 0. The highest BCUT2D eigenvalue weighted by molar-refractivity contribution is 5.86. The number of aromatic nitrogens is 2.